The zero-order chi connectivity index (χ0) is 13.5. The van der Waals surface area contributed by atoms with Crippen molar-refractivity contribution in [3.8, 4) is 0 Å². The Morgan fingerprint density at radius 1 is 1.05 bits per heavy atom. The number of benzene rings is 2. The average molecular weight is 271 g/mol. The van der Waals surface area contributed by atoms with E-state index in [0.717, 1.165) is 5.56 Å². The van der Waals surface area contributed by atoms with Crippen molar-refractivity contribution in [2.24, 2.45) is 0 Å². The molecule has 2 rings (SSSR count). The van der Waals surface area contributed by atoms with Crippen molar-refractivity contribution in [1.82, 2.24) is 0 Å². The molecule has 0 saturated carbocycles. The smallest absolute Gasteiger partial charge is 0.258 e. The van der Waals surface area contributed by atoms with Crippen LogP contribution in [0.5, 0.6) is 0 Å². The maximum atomic E-state index is 10.9. The van der Waals surface area contributed by atoms with Crippen LogP contribution in [0.1, 0.15) is 5.56 Å². The van der Waals surface area contributed by atoms with Gasteiger partial charge in [-0.1, -0.05) is 54.6 Å². The number of rotatable bonds is 5. The zero-order valence-electron chi connectivity index (χ0n) is 10.2. The van der Waals surface area contributed by atoms with Crippen molar-refractivity contribution in [2.45, 2.75) is 4.90 Å². The highest BCUT2D eigenvalue weighted by atomic mass is 32.2. The lowest BCUT2D eigenvalue weighted by molar-refractivity contribution is -0.387. The summed E-state index contributed by atoms with van der Waals surface area (Å²) >= 11 is 1.47. The fraction of sp³-hybridized carbons (Fsp3) is 0.0667. The molecule has 0 unspecified atom stereocenters. The highest BCUT2D eigenvalue weighted by molar-refractivity contribution is 7.99. The largest absolute Gasteiger partial charge is 0.282 e. The first-order valence-electron chi connectivity index (χ1n) is 5.85. The maximum absolute atomic E-state index is 10.9. The Labute approximate surface area is 116 Å². The van der Waals surface area contributed by atoms with Gasteiger partial charge in [-0.2, -0.15) is 0 Å². The molecule has 0 heterocycles. The van der Waals surface area contributed by atoms with Crippen LogP contribution in [-0.4, -0.2) is 10.7 Å². The lowest BCUT2D eigenvalue weighted by Gasteiger charge is -1.99. The molecule has 0 aliphatic rings. The third-order valence-corrected chi connectivity index (χ3v) is 3.52. The zero-order valence-corrected chi connectivity index (χ0v) is 11.0. The molecular weight excluding hydrogens is 258 g/mol. The van der Waals surface area contributed by atoms with E-state index in [2.05, 4.69) is 0 Å². The van der Waals surface area contributed by atoms with Crippen molar-refractivity contribution in [2.75, 3.05) is 5.75 Å². The normalized spacial score (nSPS) is 10.7. The molecule has 96 valence electrons. The van der Waals surface area contributed by atoms with Crippen LogP contribution in [-0.2, 0) is 0 Å². The van der Waals surface area contributed by atoms with Crippen LogP contribution in [0.4, 0.5) is 5.69 Å². The van der Waals surface area contributed by atoms with Crippen molar-refractivity contribution >= 4 is 23.5 Å². The predicted octanol–water partition coefficient (Wildman–Crippen LogP) is 4.40. The third kappa shape index (κ3) is 3.96. The summed E-state index contributed by atoms with van der Waals surface area (Å²) < 4.78 is 0. The summed E-state index contributed by atoms with van der Waals surface area (Å²) in [6, 6.07) is 16.8. The summed E-state index contributed by atoms with van der Waals surface area (Å²) in [4.78, 5) is 11.2. The fourth-order valence-electron chi connectivity index (χ4n) is 1.62. The first-order chi connectivity index (χ1) is 9.27. The molecule has 4 heteroatoms. The maximum Gasteiger partial charge on any atom is 0.282 e. The number of hydrogen-bond donors (Lipinski definition) is 0. The summed E-state index contributed by atoms with van der Waals surface area (Å²) in [5, 5.41) is 10.9. The molecule has 0 bridgehead atoms. The van der Waals surface area contributed by atoms with Gasteiger partial charge in [0.2, 0.25) is 0 Å². The molecule has 0 aromatic heterocycles. The van der Waals surface area contributed by atoms with Crippen molar-refractivity contribution in [3.63, 3.8) is 0 Å². The van der Waals surface area contributed by atoms with Gasteiger partial charge in [-0.05, 0) is 11.6 Å². The standard InChI is InChI=1S/C15H13NO2S/c17-16(18)14-10-4-5-11-15(14)19-12-6-9-13-7-2-1-3-8-13/h1-11H,12H2/b9-6+. The van der Waals surface area contributed by atoms with Crippen LogP contribution in [0.2, 0.25) is 0 Å². The predicted molar refractivity (Wildman–Crippen MR) is 79.3 cm³/mol. The second-order valence-corrected chi connectivity index (χ2v) is 4.91. The molecule has 3 nitrogen and oxygen atoms in total. The Bertz CT molecular complexity index is 582. The quantitative estimate of drug-likeness (QED) is 0.460. The Hall–Kier alpha value is -2.07. The van der Waals surface area contributed by atoms with Gasteiger partial charge in [0, 0.05) is 11.8 Å². The summed E-state index contributed by atoms with van der Waals surface area (Å²) in [6.45, 7) is 0. The Kier molecular flexibility index (Phi) is 4.75. The van der Waals surface area contributed by atoms with Crippen LogP contribution < -0.4 is 0 Å². The van der Waals surface area contributed by atoms with E-state index < -0.39 is 0 Å². The molecular formula is C15H13NO2S. The van der Waals surface area contributed by atoms with Gasteiger partial charge >= 0.3 is 0 Å². The number of hydrogen-bond acceptors (Lipinski definition) is 3. The SMILES string of the molecule is O=[N+]([O-])c1ccccc1SC/C=C/c1ccccc1. The summed E-state index contributed by atoms with van der Waals surface area (Å²) in [7, 11) is 0. The fourth-order valence-corrected chi connectivity index (χ4v) is 2.45. The van der Waals surface area contributed by atoms with Gasteiger partial charge in [-0.25, -0.2) is 0 Å². The molecule has 0 spiro atoms. The van der Waals surface area contributed by atoms with Crippen LogP contribution in [0.15, 0.2) is 65.6 Å². The van der Waals surface area contributed by atoms with E-state index in [9.17, 15) is 10.1 Å². The molecule has 19 heavy (non-hydrogen) atoms. The molecule has 0 aliphatic carbocycles. The minimum Gasteiger partial charge on any atom is -0.258 e. The molecule has 0 radical (unpaired) electrons. The molecule has 0 fully saturated rings. The average Bonchev–Trinajstić information content (AvgIpc) is 2.45. The Morgan fingerprint density at radius 3 is 2.47 bits per heavy atom. The van der Waals surface area contributed by atoms with E-state index in [0.29, 0.717) is 10.6 Å². The van der Waals surface area contributed by atoms with Crippen molar-refractivity contribution < 1.29 is 4.92 Å². The van der Waals surface area contributed by atoms with Crippen LogP contribution in [0.25, 0.3) is 6.08 Å². The van der Waals surface area contributed by atoms with E-state index >= 15 is 0 Å². The van der Waals surface area contributed by atoms with Crippen molar-refractivity contribution in [1.29, 1.82) is 0 Å². The second-order valence-electron chi connectivity index (χ2n) is 3.85. The number of nitro benzene ring substituents is 1. The third-order valence-electron chi connectivity index (χ3n) is 2.51. The first-order valence-corrected chi connectivity index (χ1v) is 6.84. The monoisotopic (exact) mass is 271 g/mol. The minimum atomic E-state index is -0.344. The van der Waals surface area contributed by atoms with Crippen LogP contribution in [0, 0.1) is 10.1 Å². The molecule has 0 N–H and O–H groups in total. The number of nitrogens with zero attached hydrogens (tertiary/aromatic N) is 1. The Balaban J connectivity index is 1.96. The van der Waals surface area contributed by atoms with Gasteiger partial charge < -0.3 is 0 Å². The van der Waals surface area contributed by atoms with E-state index in [1.165, 1.54) is 17.8 Å². The van der Waals surface area contributed by atoms with Gasteiger partial charge in [-0.3, -0.25) is 10.1 Å². The Morgan fingerprint density at radius 2 is 1.74 bits per heavy atom. The molecule has 0 amide bonds. The number of thioether (sulfide) groups is 1. The van der Waals surface area contributed by atoms with E-state index in [4.69, 9.17) is 0 Å². The topological polar surface area (TPSA) is 43.1 Å². The summed E-state index contributed by atoms with van der Waals surface area (Å²) in [5.74, 6) is 0.708. The van der Waals surface area contributed by atoms with E-state index in [1.54, 1.807) is 12.1 Å². The lowest BCUT2D eigenvalue weighted by atomic mass is 10.2. The summed E-state index contributed by atoms with van der Waals surface area (Å²) in [5.41, 5.74) is 1.30. The molecule has 0 aliphatic heterocycles. The van der Waals surface area contributed by atoms with Gasteiger partial charge in [0.15, 0.2) is 0 Å². The number of nitro groups is 1. The van der Waals surface area contributed by atoms with Gasteiger partial charge in [-0.15, -0.1) is 11.8 Å². The van der Waals surface area contributed by atoms with Gasteiger partial charge in [0.05, 0.1) is 9.82 Å². The van der Waals surface area contributed by atoms with Gasteiger partial charge in [0.25, 0.3) is 5.69 Å². The van der Waals surface area contributed by atoms with E-state index in [-0.39, 0.29) is 10.6 Å². The van der Waals surface area contributed by atoms with E-state index in [1.807, 2.05) is 48.6 Å². The number of para-hydroxylation sites is 1. The summed E-state index contributed by atoms with van der Waals surface area (Å²) in [6.07, 6.45) is 4.03. The molecule has 0 saturated heterocycles. The highest BCUT2D eigenvalue weighted by Gasteiger charge is 2.11. The minimum absolute atomic E-state index is 0.167. The first kappa shape index (κ1) is 13.4. The second kappa shape index (κ2) is 6.75. The van der Waals surface area contributed by atoms with Crippen LogP contribution >= 0.6 is 11.8 Å². The molecule has 0 atom stereocenters. The lowest BCUT2D eigenvalue weighted by Crippen LogP contribution is -1.90. The molecule has 2 aromatic carbocycles. The van der Waals surface area contributed by atoms with Crippen molar-refractivity contribution in [3.05, 3.63) is 76.4 Å². The highest BCUT2D eigenvalue weighted by Crippen LogP contribution is 2.28. The van der Waals surface area contributed by atoms with Gasteiger partial charge in [0.1, 0.15) is 0 Å². The van der Waals surface area contributed by atoms with Crippen LogP contribution in [0.3, 0.4) is 0 Å². The molecule has 2 aromatic rings.